The highest BCUT2D eigenvalue weighted by molar-refractivity contribution is 7.15. The van der Waals surface area contributed by atoms with Crippen LogP contribution in [-0.2, 0) is 4.79 Å². The van der Waals surface area contributed by atoms with E-state index in [2.05, 4.69) is 15.5 Å². The first-order valence-corrected chi connectivity index (χ1v) is 5.34. The van der Waals surface area contributed by atoms with E-state index in [1.807, 2.05) is 0 Å². The fraction of sp³-hybridized carbons (Fsp3) is 0.625. The molecular formula is C8H11F2N3O2S. The van der Waals surface area contributed by atoms with Crippen LogP contribution in [0.3, 0.4) is 0 Å². The van der Waals surface area contributed by atoms with Gasteiger partial charge in [0.15, 0.2) is 5.01 Å². The number of aliphatic carboxylic acids is 1. The van der Waals surface area contributed by atoms with Crippen LogP contribution >= 0.6 is 11.3 Å². The lowest BCUT2D eigenvalue weighted by molar-refractivity contribution is -0.138. The van der Waals surface area contributed by atoms with Crippen molar-refractivity contribution in [2.75, 3.05) is 5.32 Å². The van der Waals surface area contributed by atoms with Gasteiger partial charge < -0.3 is 10.4 Å². The van der Waals surface area contributed by atoms with Crippen LogP contribution in [0.25, 0.3) is 0 Å². The molecule has 0 aliphatic heterocycles. The molecule has 0 unspecified atom stereocenters. The third-order valence-corrected chi connectivity index (χ3v) is 2.70. The number of nitrogens with zero attached hydrogens (tertiary/aromatic N) is 2. The molecule has 8 heteroatoms. The van der Waals surface area contributed by atoms with E-state index in [1.54, 1.807) is 13.8 Å². The van der Waals surface area contributed by atoms with E-state index in [9.17, 15) is 13.6 Å². The standard InChI is InChI=1S/C8H11F2N3O2S/c1-3(2)4(7(14)15)11-8-13-12-6(16-8)5(9)10/h3-5H,1-2H3,(H,11,13)(H,14,15)/t4-/m0/s1. The number of hydrogen-bond donors (Lipinski definition) is 2. The Labute approximate surface area is 94.5 Å². The van der Waals surface area contributed by atoms with Crippen molar-refractivity contribution in [2.45, 2.75) is 26.3 Å². The van der Waals surface area contributed by atoms with E-state index >= 15 is 0 Å². The molecule has 0 bridgehead atoms. The molecule has 0 aliphatic carbocycles. The van der Waals surface area contributed by atoms with Crippen molar-refractivity contribution in [1.29, 1.82) is 0 Å². The van der Waals surface area contributed by atoms with Gasteiger partial charge in [-0.2, -0.15) is 0 Å². The zero-order valence-electron chi connectivity index (χ0n) is 8.65. The predicted molar refractivity (Wildman–Crippen MR) is 54.8 cm³/mol. The normalized spacial score (nSPS) is 13.1. The Morgan fingerprint density at radius 2 is 2.06 bits per heavy atom. The van der Waals surface area contributed by atoms with Crippen molar-refractivity contribution >= 4 is 22.4 Å². The number of rotatable bonds is 5. The van der Waals surface area contributed by atoms with Gasteiger partial charge in [-0.3, -0.25) is 0 Å². The number of carbonyl (C=O) groups is 1. The van der Waals surface area contributed by atoms with Gasteiger partial charge in [0.05, 0.1) is 0 Å². The Hall–Kier alpha value is -1.31. The lowest BCUT2D eigenvalue weighted by Crippen LogP contribution is -2.34. The topological polar surface area (TPSA) is 75.1 Å². The molecule has 0 aromatic carbocycles. The first kappa shape index (κ1) is 12.8. The van der Waals surface area contributed by atoms with Crippen LogP contribution in [0.5, 0.6) is 0 Å². The molecule has 5 nitrogen and oxygen atoms in total. The first-order valence-electron chi connectivity index (χ1n) is 4.52. The largest absolute Gasteiger partial charge is 0.480 e. The molecule has 1 aromatic heterocycles. The summed E-state index contributed by atoms with van der Waals surface area (Å²) in [6.45, 7) is 3.42. The summed E-state index contributed by atoms with van der Waals surface area (Å²) >= 11 is 0.657. The predicted octanol–water partition coefficient (Wildman–Crippen LogP) is 2.00. The minimum Gasteiger partial charge on any atom is -0.480 e. The SMILES string of the molecule is CC(C)[C@H](Nc1nnc(C(F)F)s1)C(=O)O. The minimum atomic E-state index is -2.68. The quantitative estimate of drug-likeness (QED) is 0.837. The van der Waals surface area contributed by atoms with Crippen LogP contribution in [0.1, 0.15) is 25.3 Å². The van der Waals surface area contributed by atoms with Gasteiger partial charge in [0.2, 0.25) is 5.13 Å². The average molecular weight is 251 g/mol. The highest BCUT2D eigenvalue weighted by atomic mass is 32.1. The van der Waals surface area contributed by atoms with Crippen LogP contribution in [0, 0.1) is 5.92 Å². The van der Waals surface area contributed by atoms with Crippen molar-refractivity contribution in [3.8, 4) is 0 Å². The van der Waals surface area contributed by atoms with Gasteiger partial charge in [-0.1, -0.05) is 25.2 Å². The van der Waals surface area contributed by atoms with Crippen LogP contribution in [0.4, 0.5) is 13.9 Å². The van der Waals surface area contributed by atoms with E-state index in [0.29, 0.717) is 11.3 Å². The van der Waals surface area contributed by atoms with Gasteiger partial charge in [0.25, 0.3) is 6.43 Å². The van der Waals surface area contributed by atoms with E-state index < -0.39 is 23.4 Å². The van der Waals surface area contributed by atoms with Gasteiger partial charge in [-0.05, 0) is 5.92 Å². The van der Waals surface area contributed by atoms with Crippen molar-refractivity contribution in [3.63, 3.8) is 0 Å². The zero-order valence-corrected chi connectivity index (χ0v) is 9.46. The second kappa shape index (κ2) is 5.15. The molecular weight excluding hydrogens is 240 g/mol. The lowest BCUT2D eigenvalue weighted by atomic mass is 10.1. The summed E-state index contributed by atoms with van der Waals surface area (Å²) in [4.78, 5) is 10.8. The number of hydrogen-bond acceptors (Lipinski definition) is 5. The van der Waals surface area contributed by atoms with Crippen molar-refractivity contribution in [2.24, 2.45) is 5.92 Å². The summed E-state index contributed by atoms with van der Waals surface area (Å²) in [5.74, 6) is -1.24. The fourth-order valence-corrected chi connectivity index (χ4v) is 1.66. The maximum absolute atomic E-state index is 12.2. The van der Waals surface area contributed by atoms with E-state index in [1.165, 1.54) is 0 Å². The Kier molecular flexibility index (Phi) is 4.11. The van der Waals surface area contributed by atoms with Crippen LogP contribution in [0.15, 0.2) is 0 Å². The Balaban J connectivity index is 2.74. The number of nitrogens with one attached hydrogen (secondary N) is 1. The summed E-state index contributed by atoms with van der Waals surface area (Å²) < 4.78 is 24.4. The van der Waals surface area contributed by atoms with Crippen molar-refractivity contribution in [3.05, 3.63) is 5.01 Å². The highest BCUT2D eigenvalue weighted by Gasteiger charge is 2.23. The highest BCUT2D eigenvalue weighted by Crippen LogP contribution is 2.26. The molecule has 2 N–H and O–H groups in total. The second-order valence-corrected chi connectivity index (χ2v) is 4.46. The number of carboxylic acid groups (broad SMARTS) is 1. The fourth-order valence-electron chi connectivity index (χ4n) is 1.03. The molecule has 90 valence electrons. The summed E-state index contributed by atoms with van der Waals surface area (Å²) in [5, 5.41) is 17.8. The molecule has 0 amide bonds. The van der Waals surface area contributed by atoms with Gasteiger partial charge in [-0.25, -0.2) is 13.6 Å². The van der Waals surface area contributed by atoms with Crippen LogP contribution in [-0.4, -0.2) is 27.3 Å². The molecule has 1 atom stereocenters. The Bertz CT molecular complexity index is 370. The minimum absolute atomic E-state index is 0.0939. The van der Waals surface area contributed by atoms with Gasteiger partial charge in [0.1, 0.15) is 6.04 Å². The molecule has 0 saturated carbocycles. The number of aromatic nitrogens is 2. The monoisotopic (exact) mass is 251 g/mol. The molecule has 0 aliphatic rings. The van der Waals surface area contributed by atoms with E-state index in [4.69, 9.17) is 5.11 Å². The third kappa shape index (κ3) is 3.09. The van der Waals surface area contributed by atoms with Crippen LogP contribution < -0.4 is 5.32 Å². The Morgan fingerprint density at radius 3 is 2.44 bits per heavy atom. The molecule has 0 radical (unpaired) electrons. The van der Waals surface area contributed by atoms with Crippen LogP contribution in [0.2, 0.25) is 0 Å². The number of halogens is 2. The van der Waals surface area contributed by atoms with Gasteiger partial charge >= 0.3 is 5.97 Å². The maximum atomic E-state index is 12.2. The summed E-state index contributed by atoms with van der Waals surface area (Å²) in [7, 11) is 0. The van der Waals surface area contributed by atoms with Crippen molar-refractivity contribution < 1.29 is 18.7 Å². The second-order valence-electron chi connectivity index (χ2n) is 3.45. The Morgan fingerprint density at radius 1 is 1.44 bits per heavy atom. The van der Waals surface area contributed by atoms with Crippen molar-refractivity contribution in [1.82, 2.24) is 10.2 Å². The molecule has 1 rings (SSSR count). The molecule has 0 fully saturated rings. The summed E-state index contributed by atoms with van der Waals surface area (Å²) in [5.41, 5.74) is 0. The van der Waals surface area contributed by atoms with Gasteiger partial charge in [0, 0.05) is 0 Å². The maximum Gasteiger partial charge on any atom is 0.326 e. The average Bonchev–Trinajstić information content (AvgIpc) is 2.61. The van der Waals surface area contributed by atoms with E-state index in [-0.39, 0.29) is 11.0 Å². The lowest BCUT2D eigenvalue weighted by Gasteiger charge is -2.16. The third-order valence-electron chi connectivity index (χ3n) is 1.84. The number of carboxylic acids is 1. The van der Waals surface area contributed by atoms with Gasteiger partial charge in [-0.15, -0.1) is 10.2 Å². The van der Waals surface area contributed by atoms with E-state index in [0.717, 1.165) is 0 Å². The summed E-state index contributed by atoms with van der Waals surface area (Å²) in [6.07, 6.45) is -2.68. The number of alkyl halides is 2. The summed E-state index contributed by atoms with van der Waals surface area (Å²) in [6, 6.07) is -0.863. The molecule has 0 saturated heterocycles. The zero-order chi connectivity index (χ0) is 12.3. The smallest absolute Gasteiger partial charge is 0.326 e. The first-order chi connectivity index (χ1) is 7.41. The molecule has 0 spiro atoms. The number of anilines is 1. The molecule has 1 heterocycles. The molecule has 1 aromatic rings. The molecule has 16 heavy (non-hydrogen) atoms.